The molecule has 0 spiro atoms. The predicted octanol–water partition coefficient (Wildman–Crippen LogP) is 2.31. The number of alkyl halides is 3. The predicted molar refractivity (Wildman–Crippen MR) is 55.8 cm³/mol. The molecule has 3 nitrogen and oxygen atoms in total. The number of benzene rings is 1. The van der Waals surface area contributed by atoms with Crippen LogP contribution < -0.4 is 5.73 Å². The van der Waals surface area contributed by atoms with Gasteiger partial charge in [0.25, 0.3) is 0 Å². The Kier molecular flexibility index (Phi) is 4.00. The van der Waals surface area contributed by atoms with Crippen molar-refractivity contribution in [3.8, 4) is 0 Å². The van der Waals surface area contributed by atoms with Gasteiger partial charge in [0, 0.05) is 5.02 Å². The number of hydrogen-bond donors (Lipinski definition) is 2. The molecule has 94 valence electrons. The minimum Gasteiger partial charge on any atom is -0.480 e. The summed E-state index contributed by atoms with van der Waals surface area (Å²) in [4.78, 5) is 10.5. The number of nitrogens with two attached hydrogens (primary N) is 1. The summed E-state index contributed by atoms with van der Waals surface area (Å²) in [5.41, 5.74) is 4.06. The highest BCUT2D eigenvalue weighted by molar-refractivity contribution is 6.30. The number of carboxylic acids is 1. The highest BCUT2D eigenvalue weighted by atomic mass is 35.5. The number of carboxylic acid groups (broad SMARTS) is 1. The molecule has 0 aromatic heterocycles. The molecule has 1 aromatic rings. The molecule has 0 saturated heterocycles. The lowest BCUT2D eigenvalue weighted by atomic mass is 10.0. The Morgan fingerprint density at radius 3 is 2.53 bits per heavy atom. The van der Waals surface area contributed by atoms with Crippen LogP contribution >= 0.6 is 11.6 Å². The van der Waals surface area contributed by atoms with Crippen LogP contribution in [0.5, 0.6) is 0 Å². The smallest absolute Gasteiger partial charge is 0.416 e. The SMILES string of the molecule is N[C@@H](Cc1cc(Cl)ccc1C(F)(F)F)C(=O)O. The molecule has 3 N–H and O–H groups in total. The lowest BCUT2D eigenvalue weighted by Crippen LogP contribution is -2.33. The average molecular weight is 268 g/mol. The van der Waals surface area contributed by atoms with Crippen LogP contribution in [-0.4, -0.2) is 17.1 Å². The third-order valence-corrected chi connectivity index (χ3v) is 2.36. The standard InChI is InChI=1S/C10H9ClF3NO2/c11-6-1-2-7(10(12,13)14)5(3-6)4-8(15)9(16)17/h1-3,8H,4,15H2,(H,16,17)/t8-/m0/s1. The van der Waals surface area contributed by atoms with Crippen molar-refractivity contribution in [2.75, 3.05) is 0 Å². The zero-order valence-corrected chi connectivity index (χ0v) is 9.22. The van der Waals surface area contributed by atoms with Crippen LogP contribution in [-0.2, 0) is 17.4 Å². The first kappa shape index (κ1) is 13.8. The molecule has 0 amide bonds. The molecule has 0 saturated carbocycles. The quantitative estimate of drug-likeness (QED) is 0.883. The third kappa shape index (κ3) is 3.61. The average Bonchev–Trinajstić information content (AvgIpc) is 2.15. The van der Waals surface area contributed by atoms with Crippen molar-refractivity contribution < 1.29 is 23.1 Å². The van der Waals surface area contributed by atoms with Crippen LogP contribution in [0.15, 0.2) is 18.2 Å². The van der Waals surface area contributed by atoms with Gasteiger partial charge in [0.2, 0.25) is 0 Å². The van der Waals surface area contributed by atoms with E-state index in [1.807, 2.05) is 0 Å². The van der Waals surface area contributed by atoms with Crippen molar-refractivity contribution >= 4 is 17.6 Å². The minimum atomic E-state index is -4.56. The summed E-state index contributed by atoms with van der Waals surface area (Å²) in [5.74, 6) is -1.36. The number of halogens is 4. The van der Waals surface area contributed by atoms with Gasteiger partial charge in [0.1, 0.15) is 6.04 Å². The van der Waals surface area contributed by atoms with E-state index in [2.05, 4.69) is 0 Å². The van der Waals surface area contributed by atoms with E-state index in [1.165, 1.54) is 0 Å². The topological polar surface area (TPSA) is 63.3 Å². The van der Waals surface area contributed by atoms with Gasteiger partial charge in [-0.1, -0.05) is 11.6 Å². The molecular formula is C10H9ClF3NO2. The van der Waals surface area contributed by atoms with Crippen molar-refractivity contribution in [2.24, 2.45) is 5.73 Å². The maximum absolute atomic E-state index is 12.6. The van der Waals surface area contributed by atoms with Gasteiger partial charge in [-0.3, -0.25) is 4.79 Å². The van der Waals surface area contributed by atoms with Crippen molar-refractivity contribution in [2.45, 2.75) is 18.6 Å². The van der Waals surface area contributed by atoms with Crippen molar-refractivity contribution in [1.29, 1.82) is 0 Å². The van der Waals surface area contributed by atoms with E-state index in [0.717, 1.165) is 18.2 Å². The highest BCUT2D eigenvalue weighted by Crippen LogP contribution is 2.33. The van der Waals surface area contributed by atoms with Crippen LogP contribution in [0.3, 0.4) is 0 Å². The Hall–Kier alpha value is -1.27. The lowest BCUT2D eigenvalue weighted by molar-refractivity contribution is -0.140. The molecule has 0 fully saturated rings. The van der Waals surface area contributed by atoms with Gasteiger partial charge in [0.15, 0.2) is 0 Å². The first-order chi connectivity index (χ1) is 7.71. The molecular weight excluding hydrogens is 259 g/mol. The molecule has 0 bridgehead atoms. The molecule has 0 aliphatic rings. The van der Waals surface area contributed by atoms with E-state index >= 15 is 0 Å². The van der Waals surface area contributed by atoms with Gasteiger partial charge in [-0.15, -0.1) is 0 Å². The second-order valence-corrected chi connectivity index (χ2v) is 3.88. The van der Waals surface area contributed by atoms with Crippen LogP contribution in [0.4, 0.5) is 13.2 Å². The normalized spacial score (nSPS) is 13.5. The summed E-state index contributed by atoms with van der Waals surface area (Å²) in [5, 5.41) is 8.67. The summed E-state index contributed by atoms with van der Waals surface area (Å²) >= 11 is 5.57. The minimum absolute atomic E-state index is 0.102. The first-order valence-electron chi connectivity index (χ1n) is 4.56. The number of aliphatic carboxylic acids is 1. The van der Waals surface area contributed by atoms with E-state index in [1.54, 1.807) is 0 Å². The molecule has 0 heterocycles. The number of rotatable bonds is 3. The summed E-state index contributed by atoms with van der Waals surface area (Å²) < 4.78 is 37.8. The zero-order chi connectivity index (χ0) is 13.2. The molecule has 1 rings (SSSR count). The molecule has 0 unspecified atom stereocenters. The fourth-order valence-electron chi connectivity index (χ4n) is 1.33. The molecule has 0 radical (unpaired) electrons. The summed E-state index contributed by atoms with van der Waals surface area (Å²) in [7, 11) is 0. The second kappa shape index (κ2) is 4.93. The van der Waals surface area contributed by atoms with E-state index in [9.17, 15) is 18.0 Å². The Bertz CT molecular complexity index is 434. The van der Waals surface area contributed by atoms with Gasteiger partial charge >= 0.3 is 12.1 Å². The molecule has 7 heteroatoms. The maximum Gasteiger partial charge on any atom is 0.416 e. The van der Waals surface area contributed by atoms with Crippen LogP contribution in [0.2, 0.25) is 5.02 Å². The molecule has 1 atom stereocenters. The third-order valence-electron chi connectivity index (χ3n) is 2.13. The Labute approximate surface area is 100.0 Å². The molecule has 1 aromatic carbocycles. The largest absolute Gasteiger partial charge is 0.480 e. The fraction of sp³-hybridized carbons (Fsp3) is 0.300. The molecule has 17 heavy (non-hydrogen) atoms. The molecule has 0 aliphatic heterocycles. The van der Waals surface area contributed by atoms with Crippen molar-refractivity contribution in [3.05, 3.63) is 34.3 Å². The number of hydrogen-bond acceptors (Lipinski definition) is 2. The van der Waals surface area contributed by atoms with Gasteiger partial charge < -0.3 is 10.8 Å². The van der Waals surface area contributed by atoms with Crippen molar-refractivity contribution in [3.63, 3.8) is 0 Å². The van der Waals surface area contributed by atoms with E-state index in [-0.39, 0.29) is 10.6 Å². The van der Waals surface area contributed by atoms with Gasteiger partial charge in [0.05, 0.1) is 5.56 Å². The Morgan fingerprint density at radius 1 is 1.47 bits per heavy atom. The summed E-state index contributed by atoms with van der Waals surface area (Å²) in [6, 6.07) is 1.59. The lowest BCUT2D eigenvalue weighted by Gasteiger charge is -2.14. The van der Waals surface area contributed by atoms with E-state index in [4.69, 9.17) is 22.4 Å². The highest BCUT2D eigenvalue weighted by Gasteiger charge is 2.34. The van der Waals surface area contributed by atoms with Crippen molar-refractivity contribution in [1.82, 2.24) is 0 Å². The van der Waals surface area contributed by atoms with Gasteiger partial charge in [-0.2, -0.15) is 13.2 Å². The van der Waals surface area contributed by atoms with E-state index < -0.39 is 30.2 Å². The van der Waals surface area contributed by atoms with Crippen LogP contribution in [0.1, 0.15) is 11.1 Å². The summed E-state index contributed by atoms with van der Waals surface area (Å²) in [6.45, 7) is 0. The van der Waals surface area contributed by atoms with E-state index in [0.29, 0.717) is 0 Å². The van der Waals surface area contributed by atoms with Crippen LogP contribution in [0, 0.1) is 0 Å². The summed E-state index contributed by atoms with van der Waals surface area (Å²) in [6.07, 6.45) is -4.98. The van der Waals surface area contributed by atoms with Gasteiger partial charge in [-0.05, 0) is 30.2 Å². The molecule has 0 aliphatic carbocycles. The Morgan fingerprint density at radius 2 is 2.06 bits per heavy atom. The number of carbonyl (C=O) groups is 1. The maximum atomic E-state index is 12.6. The fourth-order valence-corrected chi connectivity index (χ4v) is 1.53. The zero-order valence-electron chi connectivity index (χ0n) is 8.46. The monoisotopic (exact) mass is 267 g/mol. The van der Waals surface area contributed by atoms with Gasteiger partial charge in [-0.25, -0.2) is 0 Å². The first-order valence-corrected chi connectivity index (χ1v) is 4.93. The second-order valence-electron chi connectivity index (χ2n) is 3.45. The Balaban J connectivity index is 3.12. The van der Waals surface area contributed by atoms with Crippen LogP contribution in [0.25, 0.3) is 0 Å².